The smallest absolute Gasteiger partial charge is 0.162 e. The van der Waals surface area contributed by atoms with Gasteiger partial charge in [0.1, 0.15) is 0 Å². The topological polar surface area (TPSA) is 48.3 Å². The van der Waals surface area contributed by atoms with Crippen LogP contribution < -0.4 is 5.32 Å². The monoisotopic (exact) mass is 289 g/mol. The Kier molecular flexibility index (Phi) is 4.24. The molecule has 1 fully saturated rings. The summed E-state index contributed by atoms with van der Waals surface area (Å²) in [6.07, 6.45) is 2.97. The maximum absolute atomic E-state index is 5.64. The second kappa shape index (κ2) is 6.13. The summed E-state index contributed by atoms with van der Waals surface area (Å²) in [4.78, 5) is 4.41. The second-order valence-electron chi connectivity index (χ2n) is 5.95. The Labute approximate surface area is 125 Å². The van der Waals surface area contributed by atoms with Gasteiger partial charge in [-0.15, -0.1) is 0 Å². The number of benzene rings is 1. The molecule has 0 amide bonds. The predicted octanol–water partition coefficient (Wildman–Crippen LogP) is 2.17. The molecule has 5 nitrogen and oxygen atoms in total. The summed E-state index contributed by atoms with van der Waals surface area (Å²) in [5.41, 5.74) is 2.25. The number of imidazole rings is 1. The third-order valence-corrected chi connectivity index (χ3v) is 3.80. The van der Waals surface area contributed by atoms with Crippen LogP contribution in [0.4, 0.5) is 0 Å². The van der Waals surface area contributed by atoms with Gasteiger partial charge < -0.3 is 19.4 Å². The number of ether oxygens (including phenoxy) is 2. The van der Waals surface area contributed by atoms with E-state index in [4.69, 9.17) is 9.47 Å². The summed E-state index contributed by atoms with van der Waals surface area (Å²) < 4.78 is 13.5. The van der Waals surface area contributed by atoms with Crippen LogP contribution in [0.2, 0.25) is 0 Å². The number of para-hydroxylation sites is 2. The number of nitrogens with one attached hydrogen (secondary N) is 1. The van der Waals surface area contributed by atoms with E-state index in [9.17, 15) is 0 Å². The lowest BCUT2D eigenvalue weighted by atomic mass is 10.2. The quantitative estimate of drug-likeness (QED) is 0.857. The molecule has 0 bridgehead atoms. The lowest BCUT2D eigenvalue weighted by molar-refractivity contribution is -0.252. The Morgan fingerprint density at radius 3 is 2.86 bits per heavy atom. The predicted molar refractivity (Wildman–Crippen MR) is 82.1 cm³/mol. The molecule has 3 rings (SSSR count). The average molecular weight is 289 g/mol. The maximum Gasteiger partial charge on any atom is 0.162 e. The maximum atomic E-state index is 5.64. The van der Waals surface area contributed by atoms with Crippen molar-refractivity contribution in [3.05, 3.63) is 30.6 Å². The van der Waals surface area contributed by atoms with Gasteiger partial charge in [0, 0.05) is 6.54 Å². The highest BCUT2D eigenvalue weighted by molar-refractivity contribution is 5.74. The second-order valence-corrected chi connectivity index (χ2v) is 5.95. The zero-order chi connectivity index (χ0) is 14.7. The number of hydrogen-bond acceptors (Lipinski definition) is 4. The Balaban J connectivity index is 1.43. The number of rotatable bonds is 5. The minimum atomic E-state index is -0.437. The van der Waals surface area contributed by atoms with Crippen molar-refractivity contribution < 1.29 is 9.47 Å². The summed E-state index contributed by atoms with van der Waals surface area (Å²) in [5.74, 6) is -0.437. The van der Waals surface area contributed by atoms with Crippen molar-refractivity contribution in [1.29, 1.82) is 0 Å². The van der Waals surface area contributed by atoms with E-state index < -0.39 is 5.79 Å². The van der Waals surface area contributed by atoms with Crippen LogP contribution in [0.1, 0.15) is 20.3 Å². The Morgan fingerprint density at radius 1 is 1.29 bits per heavy atom. The fraction of sp³-hybridized carbons (Fsp3) is 0.562. The molecule has 1 saturated heterocycles. The lowest BCUT2D eigenvalue weighted by Crippen LogP contribution is -2.48. The zero-order valence-electron chi connectivity index (χ0n) is 12.7. The van der Waals surface area contributed by atoms with E-state index in [1.165, 1.54) is 5.52 Å². The van der Waals surface area contributed by atoms with Crippen molar-refractivity contribution in [2.75, 3.05) is 19.8 Å². The van der Waals surface area contributed by atoms with Gasteiger partial charge in [-0.1, -0.05) is 12.1 Å². The van der Waals surface area contributed by atoms with Crippen LogP contribution in [0, 0.1) is 0 Å². The van der Waals surface area contributed by atoms with Crippen molar-refractivity contribution in [2.24, 2.45) is 0 Å². The highest BCUT2D eigenvalue weighted by Crippen LogP contribution is 2.17. The van der Waals surface area contributed by atoms with E-state index in [1.54, 1.807) is 0 Å². The first kappa shape index (κ1) is 14.5. The largest absolute Gasteiger partial charge is 0.349 e. The van der Waals surface area contributed by atoms with Gasteiger partial charge in [-0.3, -0.25) is 0 Å². The molecule has 0 saturated carbocycles. The first-order chi connectivity index (χ1) is 10.1. The number of nitrogens with zero attached hydrogens (tertiary/aromatic N) is 2. The standard InChI is InChI=1S/C16H23N3O2/c1-16(2)20-10-13(11-21-16)17-8-5-9-19-12-18-14-6-3-4-7-15(14)19/h3-4,6-7,12-13,17H,5,8-11H2,1-2H3. The molecule has 21 heavy (non-hydrogen) atoms. The SMILES string of the molecule is CC1(C)OCC(NCCCn2cnc3ccccc32)CO1. The molecule has 1 N–H and O–H groups in total. The van der Waals surface area contributed by atoms with Crippen molar-refractivity contribution in [3.63, 3.8) is 0 Å². The summed E-state index contributed by atoms with van der Waals surface area (Å²) >= 11 is 0. The molecule has 5 heteroatoms. The molecule has 0 aliphatic carbocycles. The molecule has 0 unspecified atom stereocenters. The number of aromatic nitrogens is 2. The van der Waals surface area contributed by atoms with Crippen molar-refractivity contribution in [3.8, 4) is 0 Å². The van der Waals surface area contributed by atoms with Crippen LogP contribution in [0.15, 0.2) is 30.6 Å². The Bertz CT molecular complexity index is 584. The first-order valence-electron chi connectivity index (χ1n) is 7.55. The van der Waals surface area contributed by atoms with Gasteiger partial charge in [0.2, 0.25) is 0 Å². The van der Waals surface area contributed by atoms with E-state index >= 15 is 0 Å². The van der Waals surface area contributed by atoms with Crippen molar-refractivity contribution >= 4 is 11.0 Å². The van der Waals surface area contributed by atoms with Gasteiger partial charge in [0.25, 0.3) is 0 Å². The zero-order valence-corrected chi connectivity index (χ0v) is 12.7. The average Bonchev–Trinajstić information content (AvgIpc) is 2.88. The van der Waals surface area contributed by atoms with E-state index in [2.05, 4.69) is 27.0 Å². The minimum absolute atomic E-state index is 0.289. The molecular formula is C16H23N3O2. The van der Waals surface area contributed by atoms with E-state index in [1.807, 2.05) is 32.3 Å². The lowest BCUT2D eigenvalue weighted by Gasteiger charge is -2.35. The third-order valence-electron chi connectivity index (χ3n) is 3.80. The summed E-state index contributed by atoms with van der Waals surface area (Å²) in [5, 5.41) is 3.49. The molecule has 2 aromatic rings. The third kappa shape index (κ3) is 3.61. The fourth-order valence-electron chi connectivity index (χ4n) is 2.55. The molecular weight excluding hydrogens is 266 g/mol. The minimum Gasteiger partial charge on any atom is -0.349 e. The van der Waals surface area contributed by atoms with E-state index in [0.717, 1.165) is 25.0 Å². The Hall–Kier alpha value is -1.43. The Morgan fingerprint density at radius 2 is 2.05 bits per heavy atom. The van der Waals surface area contributed by atoms with Crippen LogP contribution in [-0.2, 0) is 16.0 Å². The molecule has 1 aliphatic heterocycles. The van der Waals surface area contributed by atoms with Gasteiger partial charge in [-0.2, -0.15) is 0 Å². The van der Waals surface area contributed by atoms with Crippen LogP contribution in [0.5, 0.6) is 0 Å². The van der Waals surface area contributed by atoms with Crippen LogP contribution >= 0.6 is 0 Å². The normalized spacial score (nSPS) is 19.1. The van der Waals surface area contributed by atoms with Gasteiger partial charge in [0.15, 0.2) is 5.79 Å². The van der Waals surface area contributed by atoms with Gasteiger partial charge in [-0.25, -0.2) is 4.98 Å². The van der Waals surface area contributed by atoms with Crippen LogP contribution in [0.25, 0.3) is 11.0 Å². The van der Waals surface area contributed by atoms with Gasteiger partial charge in [0.05, 0.1) is 36.6 Å². The molecule has 1 aromatic carbocycles. The van der Waals surface area contributed by atoms with E-state index in [0.29, 0.717) is 13.2 Å². The fourth-order valence-corrected chi connectivity index (χ4v) is 2.55. The molecule has 1 aromatic heterocycles. The van der Waals surface area contributed by atoms with Gasteiger partial charge in [-0.05, 0) is 38.9 Å². The molecule has 114 valence electrons. The number of aryl methyl sites for hydroxylation is 1. The van der Waals surface area contributed by atoms with Crippen LogP contribution in [0.3, 0.4) is 0 Å². The summed E-state index contributed by atoms with van der Waals surface area (Å²) in [6.45, 7) is 7.24. The van der Waals surface area contributed by atoms with E-state index in [-0.39, 0.29) is 6.04 Å². The molecule has 1 aliphatic rings. The molecule has 0 spiro atoms. The van der Waals surface area contributed by atoms with Crippen molar-refractivity contribution in [1.82, 2.24) is 14.9 Å². The molecule has 2 heterocycles. The summed E-state index contributed by atoms with van der Waals surface area (Å²) in [6, 6.07) is 8.52. The molecule has 0 atom stereocenters. The highest BCUT2D eigenvalue weighted by Gasteiger charge is 2.27. The summed E-state index contributed by atoms with van der Waals surface area (Å²) in [7, 11) is 0. The molecule has 0 radical (unpaired) electrons. The number of hydrogen-bond donors (Lipinski definition) is 1. The van der Waals surface area contributed by atoms with Crippen molar-refractivity contribution in [2.45, 2.75) is 38.6 Å². The van der Waals surface area contributed by atoms with Gasteiger partial charge >= 0.3 is 0 Å². The number of fused-ring (bicyclic) bond motifs is 1. The highest BCUT2D eigenvalue weighted by atomic mass is 16.7. The first-order valence-corrected chi connectivity index (χ1v) is 7.55. The van der Waals surface area contributed by atoms with Crippen LogP contribution in [-0.4, -0.2) is 41.1 Å².